The molecule has 3 aromatic rings. The van der Waals surface area contributed by atoms with Crippen molar-refractivity contribution in [2.75, 3.05) is 53.1 Å². The number of unbranched alkanes of at least 4 members (excludes halogenated alkanes) is 1. The van der Waals surface area contributed by atoms with Crippen LogP contribution in [0.1, 0.15) is 42.8 Å². The van der Waals surface area contributed by atoms with Crippen LogP contribution in [0.3, 0.4) is 0 Å². The summed E-state index contributed by atoms with van der Waals surface area (Å²) in [5.74, 6) is -0.540. The van der Waals surface area contributed by atoms with Crippen LogP contribution in [-0.4, -0.2) is 89.1 Å². The quantitative estimate of drug-likeness (QED) is 0.177. The highest BCUT2D eigenvalue weighted by atomic mass is 16.5. The van der Waals surface area contributed by atoms with Gasteiger partial charge in [0, 0.05) is 32.4 Å². The van der Waals surface area contributed by atoms with Gasteiger partial charge in [-0.05, 0) is 43.2 Å². The first-order valence-corrected chi connectivity index (χ1v) is 13.8. The second kappa shape index (κ2) is 12.1. The molecule has 2 aliphatic rings. The van der Waals surface area contributed by atoms with Crippen molar-refractivity contribution in [3.8, 4) is 11.5 Å². The number of aliphatic hydroxyl groups excluding tert-OH is 1. The van der Waals surface area contributed by atoms with E-state index in [1.165, 1.54) is 0 Å². The average Bonchev–Trinajstić information content (AvgIpc) is 3.44. The summed E-state index contributed by atoms with van der Waals surface area (Å²) in [5.41, 5.74) is 2.25. The minimum Gasteiger partial charge on any atom is -0.505 e. The molecule has 2 saturated heterocycles. The highest BCUT2D eigenvalue weighted by molar-refractivity contribution is 6.46. The summed E-state index contributed by atoms with van der Waals surface area (Å²) in [6.45, 7) is 8.09. The molecule has 0 spiro atoms. The van der Waals surface area contributed by atoms with Crippen LogP contribution in [0.25, 0.3) is 11.4 Å². The predicted molar refractivity (Wildman–Crippen MR) is 150 cm³/mol. The Bertz CT molecular complexity index is 1420. The lowest BCUT2D eigenvalue weighted by molar-refractivity contribution is -0.140. The predicted octanol–water partition coefficient (Wildman–Crippen LogP) is 3.58. The van der Waals surface area contributed by atoms with Gasteiger partial charge in [-0.2, -0.15) is 0 Å². The standard InChI is InChI=1S/C30H36N4O6/c1-4-5-16-40-22-10-9-21(19-23(22)38-3)27-25(28(35)26-20(2)31-24-8-6-7-11-33(24)26)29(36)30(37)34(27)13-12-32-14-17-39-18-15-32/h6-11,19,27,35H,4-5,12-18H2,1-3H3/b28-25+. The van der Waals surface area contributed by atoms with Crippen molar-refractivity contribution in [3.63, 3.8) is 0 Å². The van der Waals surface area contributed by atoms with E-state index in [0.717, 1.165) is 25.9 Å². The summed E-state index contributed by atoms with van der Waals surface area (Å²) in [6.07, 6.45) is 3.69. The number of aromatic nitrogens is 2. The summed E-state index contributed by atoms with van der Waals surface area (Å²) in [5, 5.41) is 11.7. The lowest BCUT2D eigenvalue weighted by atomic mass is 9.96. The molecule has 2 aromatic heterocycles. The molecule has 1 aromatic carbocycles. The van der Waals surface area contributed by atoms with Gasteiger partial charge in [0.1, 0.15) is 11.3 Å². The molecule has 1 unspecified atom stereocenters. The van der Waals surface area contributed by atoms with E-state index in [0.29, 0.717) is 67.0 Å². The average molecular weight is 549 g/mol. The maximum absolute atomic E-state index is 13.6. The van der Waals surface area contributed by atoms with Crippen molar-refractivity contribution < 1.29 is 28.9 Å². The number of imidazole rings is 1. The summed E-state index contributed by atoms with van der Waals surface area (Å²) in [4.78, 5) is 35.4. The van der Waals surface area contributed by atoms with Gasteiger partial charge >= 0.3 is 0 Å². The number of carbonyl (C=O) groups excluding carboxylic acids is 2. The number of Topliss-reactive ketones (excluding diaryl/α,β-unsaturated/α-hetero) is 1. The van der Waals surface area contributed by atoms with Gasteiger partial charge in [-0.3, -0.25) is 18.9 Å². The minimum absolute atomic E-state index is 0.0300. The molecule has 40 heavy (non-hydrogen) atoms. The number of ketones is 1. The zero-order valence-electron chi connectivity index (χ0n) is 23.3. The number of methoxy groups -OCH3 is 1. The number of rotatable bonds is 10. The topological polar surface area (TPSA) is 106 Å². The fourth-order valence-corrected chi connectivity index (χ4v) is 5.36. The van der Waals surface area contributed by atoms with Crippen LogP contribution in [0.2, 0.25) is 0 Å². The Morgan fingerprint density at radius 2 is 1.93 bits per heavy atom. The van der Waals surface area contributed by atoms with Crippen molar-refractivity contribution in [3.05, 3.63) is 65.1 Å². The van der Waals surface area contributed by atoms with Gasteiger partial charge in [-0.15, -0.1) is 0 Å². The van der Waals surface area contributed by atoms with E-state index in [-0.39, 0.29) is 11.3 Å². The van der Waals surface area contributed by atoms with Crippen LogP contribution in [0.5, 0.6) is 11.5 Å². The third kappa shape index (κ3) is 5.29. The molecule has 212 valence electrons. The molecule has 10 heteroatoms. The molecule has 1 atom stereocenters. The number of hydrogen-bond acceptors (Lipinski definition) is 8. The Morgan fingerprint density at radius 1 is 1.12 bits per heavy atom. The van der Waals surface area contributed by atoms with E-state index < -0.39 is 17.7 Å². The lowest BCUT2D eigenvalue weighted by Crippen LogP contribution is -2.42. The summed E-state index contributed by atoms with van der Waals surface area (Å²) >= 11 is 0. The first-order valence-electron chi connectivity index (χ1n) is 13.8. The van der Waals surface area contributed by atoms with Crippen molar-refractivity contribution in [1.82, 2.24) is 19.2 Å². The second-order valence-electron chi connectivity index (χ2n) is 10.0. The van der Waals surface area contributed by atoms with Crippen LogP contribution in [0, 0.1) is 6.92 Å². The molecule has 0 aliphatic carbocycles. The maximum atomic E-state index is 13.6. The van der Waals surface area contributed by atoms with E-state index in [1.54, 1.807) is 41.7 Å². The highest BCUT2D eigenvalue weighted by Gasteiger charge is 2.46. The fourth-order valence-electron chi connectivity index (χ4n) is 5.36. The normalized spacial score (nSPS) is 19.5. The van der Waals surface area contributed by atoms with Gasteiger partial charge in [-0.25, -0.2) is 4.98 Å². The first-order chi connectivity index (χ1) is 19.4. The van der Waals surface area contributed by atoms with Gasteiger partial charge in [0.2, 0.25) is 0 Å². The Morgan fingerprint density at radius 3 is 2.67 bits per heavy atom. The molecular weight excluding hydrogens is 512 g/mol. The number of pyridine rings is 1. The van der Waals surface area contributed by atoms with Crippen molar-refractivity contribution in [2.45, 2.75) is 32.7 Å². The third-order valence-corrected chi connectivity index (χ3v) is 7.49. The summed E-state index contributed by atoms with van der Waals surface area (Å²) < 4.78 is 18.7. The molecule has 0 radical (unpaired) electrons. The fraction of sp³-hybridized carbons (Fsp3) is 0.433. The number of carbonyl (C=O) groups is 2. The van der Waals surface area contributed by atoms with Gasteiger partial charge in [-0.1, -0.05) is 25.5 Å². The smallest absolute Gasteiger partial charge is 0.295 e. The molecule has 1 N–H and O–H groups in total. The number of benzene rings is 1. The summed E-state index contributed by atoms with van der Waals surface area (Å²) in [7, 11) is 1.56. The van der Waals surface area contributed by atoms with Gasteiger partial charge in [0.05, 0.1) is 44.2 Å². The Balaban J connectivity index is 1.59. The monoisotopic (exact) mass is 548 g/mol. The number of hydrogen-bond donors (Lipinski definition) is 1. The number of amides is 1. The molecule has 5 rings (SSSR count). The van der Waals surface area contributed by atoms with Crippen LogP contribution in [0.4, 0.5) is 0 Å². The second-order valence-corrected chi connectivity index (χ2v) is 10.0. The molecule has 2 fully saturated rings. The zero-order chi connectivity index (χ0) is 28.2. The van der Waals surface area contributed by atoms with E-state index in [1.807, 2.05) is 24.3 Å². The zero-order valence-corrected chi connectivity index (χ0v) is 23.3. The van der Waals surface area contributed by atoms with Crippen LogP contribution in [0.15, 0.2) is 48.2 Å². The Labute approximate surface area is 233 Å². The van der Waals surface area contributed by atoms with E-state index in [9.17, 15) is 14.7 Å². The number of ether oxygens (including phenoxy) is 3. The van der Waals surface area contributed by atoms with E-state index in [2.05, 4.69) is 16.8 Å². The first kappa shape index (κ1) is 27.7. The molecule has 10 nitrogen and oxygen atoms in total. The third-order valence-electron chi connectivity index (χ3n) is 7.49. The number of aryl methyl sites for hydroxylation is 1. The van der Waals surface area contributed by atoms with Gasteiger partial charge < -0.3 is 24.2 Å². The lowest BCUT2D eigenvalue weighted by Gasteiger charge is -2.31. The number of morpholine rings is 1. The van der Waals surface area contributed by atoms with Crippen molar-refractivity contribution >= 4 is 23.1 Å². The van der Waals surface area contributed by atoms with Crippen molar-refractivity contribution in [1.29, 1.82) is 0 Å². The SMILES string of the molecule is CCCCOc1ccc(C2/C(=C(\O)c3c(C)nc4ccccn34)C(=O)C(=O)N2CCN2CCOCC2)cc1OC. The van der Waals surface area contributed by atoms with Crippen LogP contribution >= 0.6 is 0 Å². The van der Waals surface area contributed by atoms with Crippen LogP contribution in [-0.2, 0) is 14.3 Å². The molecule has 4 heterocycles. The van der Waals surface area contributed by atoms with Gasteiger partial charge in [0.15, 0.2) is 17.3 Å². The molecule has 0 saturated carbocycles. The Kier molecular flexibility index (Phi) is 8.37. The van der Waals surface area contributed by atoms with E-state index >= 15 is 0 Å². The van der Waals surface area contributed by atoms with Gasteiger partial charge in [0.25, 0.3) is 11.7 Å². The van der Waals surface area contributed by atoms with Crippen molar-refractivity contribution in [2.24, 2.45) is 0 Å². The highest BCUT2D eigenvalue weighted by Crippen LogP contribution is 2.42. The maximum Gasteiger partial charge on any atom is 0.295 e. The number of fused-ring (bicyclic) bond motifs is 1. The largest absolute Gasteiger partial charge is 0.505 e. The number of aliphatic hydroxyl groups is 1. The number of nitrogens with zero attached hydrogens (tertiary/aromatic N) is 4. The van der Waals surface area contributed by atoms with Crippen LogP contribution < -0.4 is 9.47 Å². The molecule has 0 bridgehead atoms. The minimum atomic E-state index is -0.812. The Hall–Kier alpha value is -3.89. The number of likely N-dealkylation sites (tertiary alicyclic amines) is 1. The van der Waals surface area contributed by atoms with E-state index in [4.69, 9.17) is 14.2 Å². The summed E-state index contributed by atoms with van der Waals surface area (Å²) in [6, 6.07) is 10.1. The molecule has 2 aliphatic heterocycles. The molecular formula is C30H36N4O6. The molecule has 1 amide bonds.